The molecule has 0 aromatic carbocycles. The molecule has 2 bridgehead atoms. The second kappa shape index (κ2) is 6.97. The summed E-state index contributed by atoms with van der Waals surface area (Å²) < 4.78 is 0. The first-order valence-electron chi connectivity index (χ1n) is 8.76. The number of nitrogens with zero attached hydrogens (tertiary/aromatic N) is 4. The second-order valence-electron chi connectivity index (χ2n) is 6.88. The highest BCUT2D eigenvalue weighted by Crippen LogP contribution is 2.17. The van der Waals surface area contributed by atoms with Gasteiger partial charge in [0.05, 0.1) is 6.54 Å². The lowest BCUT2D eigenvalue weighted by Crippen LogP contribution is -2.62. The molecule has 0 radical (unpaired) electrons. The molecular formula is C16H31N5. The van der Waals surface area contributed by atoms with Crippen LogP contribution in [0, 0.1) is 5.92 Å². The Kier molecular flexibility index (Phi) is 5.01. The van der Waals surface area contributed by atoms with E-state index in [1.807, 2.05) is 0 Å². The quantitative estimate of drug-likeness (QED) is 0.613. The number of piperazine rings is 3. The van der Waals surface area contributed by atoms with Crippen molar-refractivity contribution in [1.82, 2.24) is 20.0 Å². The Labute approximate surface area is 129 Å². The molecule has 1 N–H and O–H groups in total. The van der Waals surface area contributed by atoms with Gasteiger partial charge in [0.25, 0.3) is 0 Å². The van der Waals surface area contributed by atoms with Crippen LogP contribution in [0.25, 0.3) is 0 Å². The molecule has 4 heterocycles. The first kappa shape index (κ1) is 15.1. The molecule has 5 nitrogen and oxygen atoms in total. The SMILES string of the molecule is CCNC(=NCC1CN2CCN1CC2)N1CCCC(C)C1. The van der Waals surface area contributed by atoms with E-state index in [2.05, 4.69) is 33.9 Å². The molecule has 2 atom stereocenters. The van der Waals surface area contributed by atoms with Crippen LogP contribution in [0.5, 0.6) is 0 Å². The van der Waals surface area contributed by atoms with Crippen molar-refractivity contribution in [3.05, 3.63) is 0 Å². The van der Waals surface area contributed by atoms with E-state index in [1.165, 1.54) is 45.6 Å². The van der Waals surface area contributed by atoms with Gasteiger partial charge >= 0.3 is 0 Å². The van der Waals surface area contributed by atoms with Crippen LogP contribution < -0.4 is 5.32 Å². The zero-order valence-corrected chi connectivity index (χ0v) is 13.7. The minimum atomic E-state index is 0.628. The van der Waals surface area contributed by atoms with E-state index in [0.29, 0.717) is 6.04 Å². The number of hydrogen-bond acceptors (Lipinski definition) is 3. The summed E-state index contributed by atoms with van der Waals surface area (Å²) in [5, 5.41) is 3.50. The maximum absolute atomic E-state index is 4.98. The molecule has 4 aliphatic heterocycles. The molecule has 0 amide bonds. The number of aliphatic imine (C=N–C) groups is 1. The van der Waals surface area contributed by atoms with Gasteiger partial charge in [-0.15, -0.1) is 0 Å². The van der Waals surface area contributed by atoms with Crippen molar-refractivity contribution < 1.29 is 0 Å². The van der Waals surface area contributed by atoms with Crippen molar-refractivity contribution in [2.45, 2.75) is 32.7 Å². The Balaban J connectivity index is 1.60. The molecule has 5 heteroatoms. The third-order valence-corrected chi connectivity index (χ3v) is 5.14. The van der Waals surface area contributed by atoms with Crippen LogP contribution in [0.15, 0.2) is 4.99 Å². The van der Waals surface area contributed by atoms with Gasteiger partial charge in [-0.2, -0.15) is 0 Å². The molecule has 0 aliphatic carbocycles. The summed E-state index contributed by atoms with van der Waals surface area (Å²) in [7, 11) is 0. The van der Waals surface area contributed by atoms with Gasteiger partial charge < -0.3 is 10.2 Å². The maximum atomic E-state index is 4.98. The first-order valence-corrected chi connectivity index (χ1v) is 8.76. The average molecular weight is 293 g/mol. The van der Waals surface area contributed by atoms with E-state index in [1.54, 1.807) is 0 Å². The van der Waals surface area contributed by atoms with Crippen LogP contribution in [0.2, 0.25) is 0 Å². The highest BCUT2D eigenvalue weighted by molar-refractivity contribution is 5.80. The summed E-state index contributed by atoms with van der Waals surface area (Å²) in [5.74, 6) is 1.94. The topological polar surface area (TPSA) is 34.1 Å². The minimum absolute atomic E-state index is 0.628. The number of hydrogen-bond donors (Lipinski definition) is 1. The van der Waals surface area contributed by atoms with Gasteiger partial charge in [0.15, 0.2) is 5.96 Å². The zero-order chi connectivity index (χ0) is 14.7. The van der Waals surface area contributed by atoms with Gasteiger partial charge in [0.1, 0.15) is 0 Å². The highest BCUT2D eigenvalue weighted by atomic mass is 15.4. The molecular weight excluding hydrogens is 262 g/mol. The summed E-state index contributed by atoms with van der Waals surface area (Å²) in [5.41, 5.74) is 0. The minimum Gasteiger partial charge on any atom is -0.357 e. The summed E-state index contributed by atoms with van der Waals surface area (Å²) >= 11 is 0. The van der Waals surface area contributed by atoms with Crippen molar-refractivity contribution >= 4 is 5.96 Å². The second-order valence-corrected chi connectivity index (χ2v) is 6.88. The molecule has 0 aromatic heterocycles. The van der Waals surface area contributed by atoms with Gasteiger partial charge in [-0.05, 0) is 25.7 Å². The highest BCUT2D eigenvalue weighted by Gasteiger charge is 2.31. The number of nitrogens with one attached hydrogen (secondary N) is 1. The van der Waals surface area contributed by atoms with E-state index in [4.69, 9.17) is 4.99 Å². The zero-order valence-electron chi connectivity index (χ0n) is 13.7. The van der Waals surface area contributed by atoms with Crippen molar-refractivity contribution in [1.29, 1.82) is 0 Å². The normalized spacial score (nSPS) is 36.9. The lowest BCUT2D eigenvalue weighted by Gasteiger charge is -2.47. The van der Waals surface area contributed by atoms with Crippen molar-refractivity contribution in [2.75, 3.05) is 58.9 Å². The fourth-order valence-corrected chi connectivity index (χ4v) is 3.90. The van der Waals surface area contributed by atoms with E-state index >= 15 is 0 Å². The first-order chi connectivity index (χ1) is 10.3. The fraction of sp³-hybridized carbons (Fsp3) is 0.938. The molecule has 0 aromatic rings. The van der Waals surface area contributed by atoms with E-state index in [-0.39, 0.29) is 0 Å². The lowest BCUT2D eigenvalue weighted by molar-refractivity contribution is 0.0173. The van der Waals surface area contributed by atoms with Gasteiger partial charge in [-0.1, -0.05) is 6.92 Å². The molecule has 120 valence electrons. The largest absolute Gasteiger partial charge is 0.357 e. The number of fused-ring (bicyclic) bond motifs is 3. The number of guanidine groups is 1. The Hall–Kier alpha value is -0.810. The number of rotatable bonds is 3. The predicted molar refractivity (Wildman–Crippen MR) is 87.8 cm³/mol. The van der Waals surface area contributed by atoms with Gasteiger partial charge in [-0.25, -0.2) is 0 Å². The molecule has 4 fully saturated rings. The lowest BCUT2D eigenvalue weighted by atomic mass is 10.0. The smallest absolute Gasteiger partial charge is 0.193 e. The van der Waals surface area contributed by atoms with E-state index in [0.717, 1.165) is 38.1 Å². The standard InChI is InChI=1S/C16H31N5/c1-3-17-16(21-6-4-5-14(2)12-21)18-11-15-13-19-7-9-20(15)10-8-19/h14-15H,3-13H2,1-2H3,(H,17,18). The predicted octanol–water partition coefficient (Wildman–Crippen LogP) is 0.684. The van der Waals surface area contributed by atoms with Crippen LogP contribution in [-0.2, 0) is 0 Å². The number of likely N-dealkylation sites (tertiary alicyclic amines) is 1. The Morgan fingerprint density at radius 3 is 2.57 bits per heavy atom. The maximum Gasteiger partial charge on any atom is 0.193 e. The molecule has 0 saturated carbocycles. The summed E-state index contributed by atoms with van der Waals surface area (Å²) in [4.78, 5) is 12.7. The van der Waals surface area contributed by atoms with Gasteiger partial charge in [0.2, 0.25) is 0 Å². The Bertz CT molecular complexity index is 362. The summed E-state index contributed by atoms with van der Waals surface area (Å²) in [6.45, 7) is 14.9. The van der Waals surface area contributed by atoms with Gasteiger partial charge in [-0.3, -0.25) is 14.8 Å². The molecule has 21 heavy (non-hydrogen) atoms. The Morgan fingerprint density at radius 1 is 1.14 bits per heavy atom. The van der Waals surface area contributed by atoms with Crippen molar-refractivity contribution in [3.8, 4) is 0 Å². The molecule has 4 rings (SSSR count). The van der Waals surface area contributed by atoms with E-state index in [9.17, 15) is 0 Å². The third kappa shape index (κ3) is 3.69. The number of piperidine rings is 1. The Morgan fingerprint density at radius 2 is 1.95 bits per heavy atom. The van der Waals surface area contributed by atoms with Crippen molar-refractivity contribution in [2.24, 2.45) is 10.9 Å². The fourth-order valence-electron chi connectivity index (χ4n) is 3.90. The molecule has 4 saturated heterocycles. The van der Waals surface area contributed by atoms with Crippen LogP contribution in [-0.4, -0.2) is 85.6 Å². The van der Waals surface area contributed by atoms with Crippen LogP contribution in [0.1, 0.15) is 26.7 Å². The molecule has 0 spiro atoms. The van der Waals surface area contributed by atoms with Crippen molar-refractivity contribution in [3.63, 3.8) is 0 Å². The summed E-state index contributed by atoms with van der Waals surface area (Å²) in [6, 6.07) is 0.628. The molecule has 2 unspecified atom stereocenters. The molecule has 4 aliphatic rings. The van der Waals surface area contributed by atoms with Crippen LogP contribution in [0.4, 0.5) is 0 Å². The monoisotopic (exact) mass is 293 g/mol. The third-order valence-electron chi connectivity index (χ3n) is 5.14. The van der Waals surface area contributed by atoms with E-state index < -0.39 is 0 Å². The summed E-state index contributed by atoms with van der Waals surface area (Å²) in [6.07, 6.45) is 2.66. The van der Waals surface area contributed by atoms with Crippen LogP contribution in [0.3, 0.4) is 0 Å². The average Bonchev–Trinajstić information content (AvgIpc) is 2.52. The van der Waals surface area contributed by atoms with Crippen LogP contribution >= 0.6 is 0 Å². The van der Waals surface area contributed by atoms with Gasteiger partial charge in [0, 0.05) is 58.4 Å².